The Kier molecular flexibility index (Phi) is 5.78. The lowest BCUT2D eigenvalue weighted by molar-refractivity contribution is 0.0697. The molecule has 10 heteroatoms. The second kappa shape index (κ2) is 8.07. The number of thiophene rings is 1. The van der Waals surface area contributed by atoms with Gasteiger partial charge in [0.05, 0.1) is 5.56 Å². The number of hydrogen-bond acceptors (Lipinski definition) is 6. The van der Waals surface area contributed by atoms with E-state index in [-0.39, 0.29) is 42.6 Å². The van der Waals surface area contributed by atoms with E-state index in [1.807, 2.05) is 30.3 Å². The maximum absolute atomic E-state index is 12.6. The van der Waals surface area contributed by atoms with Crippen molar-refractivity contribution in [2.24, 2.45) is 0 Å². The number of rotatable bonds is 5. The van der Waals surface area contributed by atoms with Crippen LogP contribution in [0.15, 0.2) is 46.0 Å². The van der Waals surface area contributed by atoms with Gasteiger partial charge in [0, 0.05) is 31.6 Å². The molecule has 0 saturated carbocycles. The summed E-state index contributed by atoms with van der Waals surface area (Å²) in [6, 6.07) is 10.4. The molecule has 1 aromatic carbocycles. The van der Waals surface area contributed by atoms with Crippen molar-refractivity contribution in [1.29, 1.82) is 0 Å². The van der Waals surface area contributed by atoms with Gasteiger partial charge in [0.15, 0.2) is 0 Å². The van der Waals surface area contributed by atoms with E-state index >= 15 is 0 Å². The van der Waals surface area contributed by atoms with Crippen molar-refractivity contribution in [3.8, 4) is 0 Å². The lowest BCUT2D eigenvalue weighted by Gasteiger charge is -2.33. The first-order valence-electron chi connectivity index (χ1n) is 8.15. The fourth-order valence-corrected chi connectivity index (χ4v) is 5.34. The molecule has 0 bridgehead atoms. The van der Waals surface area contributed by atoms with E-state index in [2.05, 4.69) is 0 Å². The predicted octanol–water partition coefficient (Wildman–Crippen LogP) is 2.09. The number of sulfonamides is 1. The number of ether oxygens (including phenoxy) is 1. The zero-order valence-corrected chi connectivity index (χ0v) is 15.9. The number of aromatic carboxylic acids is 1. The van der Waals surface area contributed by atoms with Crippen molar-refractivity contribution in [2.75, 3.05) is 26.2 Å². The SMILES string of the molecule is O=C(O)c1csc(S(=O)(=O)N2CCN(C(=O)OCc3ccccc3)CC2)c1. The van der Waals surface area contributed by atoms with E-state index in [4.69, 9.17) is 9.84 Å². The van der Waals surface area contributed by atoms with Gasteiger partial charge in [-0.3, -0.25) is 0 Å². The van der Waals surface area contributed by atoms with Crippen LogP contribution < -0.4 is 0 Å². The van der Waals surface area contributed by atoms with Gasteiger partial charge < -0.3 is 14.7 Å². The highest BCUT2D eigenvalue weighted by molar-refractivity contribution is 7.91. The highest BCUT2D eigenvalue weighted by atomic mass is 32.2. The van der Waals surface area contributed by atoms with E-state index in [0.29, 0.717) is 0 Å². The van der Waals surface area contributed by atoms with Crippen molar-refractivity contribution in [3.05, 3.63) is 52.9 Å². The van der Waals surface area contributed by atoms with Gasteiger partial charge in [0.25, 0.3) is 10.0 Å². The quantitative estimate of drug-likeness (QED) is 0.809. The van der Waals surface area contributed by atoms with Crippen LogP contribution in [0.2, 0.25) is 0 Å². The van der Waals surface area contributed by atoms with Gasteiger partial charge >= 0.3 is 12.1 Å². The molecule has 3 rings (SSSR count). The Balaban J connectivity index is 1.56. The van der Waals surface area contributed by atoms with Crippen LogP contribution in [-0.4, -0.2) is 61.0 Å². The normalized spacial score (nSPS) is 15.5. The first-order valence-corrected chi connectivity index (χ1v) is 10.5. The van der Waals surface area contributed by atoms with Crippen LogP contribution in [0.3, 0.4) is 0 Å². The van der Waals surface area contributed by atoms with Crippen LogP contribution >= 0.6 is 11.3 Å². The number of carboxylic acid groups (broad SMARTS) is 1. The van der Waals surface area contributed by atoms with Crippen molar-refractivity contribution >= 4 is 33.4 Å². The summed E-state index contributed by atoms with van der Waals surface area (Å²) in [5.74, 6) is -1.17. The minimum Gasteiger partial charge on any atom is -0.478 e. The highest BCUT2D eigenvalue weighted by Gasteiger charge is 2.32. The Labute approximate surface area is 160 Å². The molecule has 27 heavy (non-hydrogen) atoms. The van der Waals surface area contributed by atoms with Gasteiger partial charge in [-0.15, -0.1) is 11.3 Å². The molecule has 8 nitrogen and oxygen atoms in total. The fraction of sp³-hybridized carbons (Fsp3) is 0.294. The topological polar surface area (TPSA) is 104 Å². The van der Waals surface area contributed by atoms with Crippen LogP contribution in [0.25, 0.3) is 0 Å². The molecule has 1 amide bonds. The number of carbonyl (C=O) groups is 2. The summed E-state index contributed by atoms with van der Waals surface area (Å²) in [5, 5.41) is 10.2. The van der Waals surface area contributed by atoms with E-state index in [9.17, 15) is 18.0 Å². The Morgan fingerprint density at radius 1 is 1.11 bits per heavy atom. The molecular formula is C17H18N2O6S2. The van der Waals surface area contributed by atoms with Crippen LogP contribution in [0.5, 0.6) is 0 Å². The first-order chi connectivity index (χ1) is 12.9. The van der Waals surface area contributed by atoms with Crippen molar-refractivity contribution < 1.29 is 27.9 Å². The largest absolute Gasteiger partial charge is 0.478 e. The second-order valence-electron chi connectivity index (χ2n) is 5.89. The van der Waals surface area contributed by atoms with E-state index in [1.165, 1.54) is 14.6 Å². The number of amides is 1. The molecule has 1 N–H and O–H groups in total. The van der Waals surface area contributed by atoms with E-state index < -0.39 is 22.1 Å². The van der Waals surface area contributed by atoms with Crippen LogP contribution in [0.1, 0.15) is 15.9 Å². The van der Waals surface area contributed by atoms with Gasteiger partial charge in [0.1, 0.15) is 10.8 Å². The molecular weight excluding hydrogens is 392 g/mol. The van der Waals surface area contributed by atoms with Gasteiger partial charge in [-0.2, -0.15) is 4.31 Å². The summed E-state index contributed by atoms with van der Waals surface area (Å²) in [6.07, 6.45) is -0.486. The Bertz CT molecular complexity index is 918. The van der Waals surface area contributed by atoms with Crippen LogP contribution in [0, 0.1) is 0 Å². The molecule has 0 aliphatic carbocycles. The van der Waals surface area contributed by atoms with Crippen LogP contribution in [0.4, 0.5) is 4.79 Å². The lowest BCUT2D eigenvalue weighted by atomic mass is 10.2. The standard InChI is InChI=1S/C17H18N2O6S2/c20-16(21)14-10-15(26-12-14)27(23,24)19-8-6-18(7-9-19)17(22)25-11-13-4-2-1-3-5-13/h1-5,10,12H,6-9,11H2,(H,20,21). The minimum atomic E-state index is -3.77. The third kappa shape index (κ3) is 4.46. The van der Waals surface area contributed by atoms with Crippen molar-refractivity contribution in [2.45, 2.75) is 10.8 Å². The second-order valence-corrected chi connectivity index (χ2v) is 8.97. The molecule has 1 aliphatic heterocycles. The summed E-state index contributed by atoms with van der Waals surface area (Å²) in [5.41, 5.74) is 0.820. The molecule has 2 aromatic rings. The smallest absolute Gasteiger partial charge is 0.410 e. The lowest BCUT2D eigenvalue weighted by Crippen LogP contribution is -2.50. The van der Waals surface area contributed by atoms with E-state index in [0.717, 1.165) is 23.0 Å². The van der Waals surface area contributed by atoms with Crippen molar-refractivity contribution in [1.82, 2.24) is 9.21 Å². The first kappa shape index (κ1) is 19.3. The zero-order chi connectivity index (χ0) is 19.4. The molecule has 1 fully saturated rings. The molecule has 1 aliphatic rings. The number of benzene rings is 1. The maximum atomic E-state index is 12.6. The zero-order valence-electron chi connectivity index (χ0n) is 14.3. The Morgan fingerprint density at radius 3 is 2.37 bits per heavy atom. The number of nitrogens with zero attached hydrogens (tertiary/aromatic N) is 2. The number of hydrogen-bond donors (Lipinski definition) is 1. The summed E-state index contributed by atoms with van der Waals surface area (Å²) >= 11 is 0.876. The van der Waals surface area contributed by atoms with Crippen molar-refractivity contribution in [3.63, 3.8) is 0 Å². The van der Waals surface area contributed by atoms with Gasteiger partial charge in [-0.25, -0.2) is 18.0 Å². The molecule has 0 atom stereocenters. The Hall–Kier alpha value is -2.43. The van der Waals surface area contributed by atoms with Gasteiger partial charge in [-0.05, 0) is 11.6 Å². The number of piperazine rings is 1. The molecule has 144 valence electrons. The monoisotopic (exact) mass is 410 g/mol. The van der Waals surface area contributed by atoms with Gasteiger partial charge in [0.2, 0.25) is 0 Å². The average Bonchev–Trinajstić information content (AvgIpc) is 3.18. The summed E-state index contributed by atoms with van der Waals surface area (Å²) < 4.78 is 31.7. The molecule has 1 aromatic heterocycles. The molecule has 0 spiro atoms. The summed E-state index contributed by atoms with van der Waals surface area (Å²) in [6.45, 7) is 0.839. The maximum Gasteiger partial charge on any atom is 0.410 e. The predicted molar refractivity (Wildman–Crippen MR) is 98.2 cm³/mol. The molecule has 0 unspecified atom stereocenters. The molecule has 0 radical (unpaired) electrons. The van der Waals surface area contributed by atoms with Crippen LogP contribution in [-0.2, 0) is 21.4 Å². The minimum absolute atomic E-state index is 0.0139. The Morgan fingerprint density at radius 2 is 1.78 bits per heavy atom. The summed E-state index contributed by atoms with van der Waals surface area (Å²) in [7, 11) is -3.77. The molecule has 2 heterocycles. The fourth-order valence-electron chi connectivity index (χ4n) is 2.61. The molecule has 1 saturated heterocycles. The highest BCUT2D eigenvalue weighted by Crippen LogP contribution is 2.25. The average molecular weight is 410 g/mol. The number of carboxylic acids is 1. The third-order valence-corrected chi connectivity index (χ3v) is 7.43. The van der Waals surface area contributed by atoms with Gasteiger partial charge in [-0.1, -0.05) is 30.3 Å². The van der Waals surface area contributed by atoms with E-state index in [1.54, 1.807) is 0 Å². The summed E-state index contributed by atoms with van der Waals surface area (Å²) in [4.78, 5) is 24.6. The number of carbonyl (C=O) groups excluding carboxylic acids is 1. The third-order valence-electron chi connectivity index (χ3n) is 4.12.